The number of nitrogen functional groups attached to an aromatic ring is 2. The topological polar surface area (TPSA) is 99.5 Å². The van der Waals surface area contributed by atoms with Crippen LogP contribution >= 0.6 is 0 Å². The first kappa shape index (κ1) is 18.3. The van der Waals surface area contributed by atoms with Crippen LogP contribution in [-0.2, 0) is 6.54 Å². The van der Waals surface area contributed by atoms with Gasteiger partial charge >= 0.3 is 0 Å². The van der Waals surface area contributed by atoms with E-state index in [1.165, 1.54) is 0 Å². The van der Waals surface area contributed by atoms with Gasteiger partial charge in [-0.15, -0.1) is 0 Å². The Morgan fingerprint density at radius 3 is 2.48 bits per heavy atom. The molecule has 1 heterocycles. The van der Waals surface area contributed by atoms with Crippen LogP contribution in [0.4, 0.5) is 17.5 Å². The smallest absolute Gasteiger partial charge is 0.222 e. The summed E-state index contributed by atoms with van der Waals surface area (Å²) in [5, 5.41) is 0. The van der Waals surface area contributed by atoms with Crippen LogP contribution in [0.15, 0.2) is 48.5 Å². The molecule has 0 saturated heterocycles. The van der Waals surface area contributed by atoms with E-state index in [0.29, 0.717) is 18.1 Å². The fraction of sp³-hybridized carbons (Fsp3) is 0.200. The molecular formula is C20H23N5O2. The average molecular weight is 365 g/mol. The molecule has 3 rings (SSSR count). The van der Waals surface area contributed by atoms with Crippen molar-refractivity contribution in [1.82, 2.24) is 9.97 Å². The maximum absolute atomic E-state index is 6.21. The summed E-state index contributed by atoms with van der Waals surface area (Å²) in [7, 11) is 5.23. The van der Waals surface area contributed by atoms with Crippen LogP contribution in [0, 0.1) is 0 Å². The van der Waals surface area contributed by atoms with Gasteiger partial charge in [0.05, 0.1) is 32.0 Å². The maximum atomic E-state index is 6.21. The first-order valence-electron chi connectivity index (χ1n) is 8.44. The Labute approximate surface area is 158 Å². The summed E-state index contributed by atoms with van der Waals surface area (Å²) in [6.07, 6.45) is 0. The molecule has 0 aliphatic heterocycles. The number of hydrogen-bond donors (Lipinski definition) is 2. The summed E-state index contributed by atoms with van der Waals surface area (Å²) in [6.45, 7) is 0.484. The number of hydrogen-bond acceptors (Lipinski definition) is 7. The van der Waals surface area contributed by atoms with Crippen molar-refractivity contribution >= 4 is 17.5 Å². The molecule has 0 saturated carbocycles. The predicted octanol–water partition coefficient (Wildman–Crippen LogP) is 2.96. The van der Waals surface area contributed by atoms with Crippen LogP contribution in [0.25, 0.3) is 11.1 Å². The molecule has 3 aromatic rings. The fourth-order valence-electron chi connectivity index (χ4n) is 2.97. The van der Waals surface area contributed by atoms with E-state index >= 15 is 0 Å². The Morgan fingerprint density at radius 1 is 0.963 bits per heavy atom. The Kier molecular flexibility index (Phi) is 5.30. The Hall–Kier alpha value is -3.48. The highest BCUT2D eigenvalue weighted by Crippen LogP contribution is 2.36. The molecule has 0 radical (unpaired) electrons. The van der Waals surface area contributed by atoms with Gasteiger partial charge in [0.15, 0.2) is 0 Å². The second-order valence-corrected chi connectivity index (χ2v) is 6.05. The molecule has 0 aliphatic carbocycles. The molecule has 4 N–H and O–H groups in total. The van der Waals surface area contributed by atoms with Crippen LogP contribution < -0.4 is 25.8 Å². The molecule has 0 bridgehead atoms. The van der Waals surface area contributed by atoms with Crippen molar-refractivity contribution in [2.24, 2.45) is 0 Å². The van der Waals surface area contributed by atoms with Crippen LogP contribution in [0.1, 0.15) is 5.69 Å². The van der Waals surface area contributed by atoms with Crippen molar-refractivity contribution < 1.29 is 9.47 Å². The Balaban J connectivity index is 2.05. The molecular weight excluding hydrogens is 342 g/mol. The van der Waals surface area contributed by atoms with E-state index in [1.807, 2.05) is 60.5 Å². The van der Waals surface area contributed by atoms with Gasteiger partial charge in [-0.2, -0.15) is 4.98 Å². The summed E-state index contributed by atoms with van der Waals surface area (Å²) in [6, 6.07) is 15.4. The van der Waals surface area contributed by atoms with E-state index in [9.17, 15) is 0 Å². The van der Waals surface area contributed by atoms with Crippen LogP contribution in [0.2, 0.25) is 0 Å². The van der Waals surface area contributed by atoms with Crippen molar-refractivity contribution in [2.45, 2.75) is 6.54 Å². The van der Waals surface area contributed by atoms with E-state index in [-0.39, 0.29) is 5.95 Å². The van der Waals surface area contributed by atoms with E-state index in [4.69, 9.17) is 20.9 Å². The highest BCUT2D eigenvalue weighted by Gasteiger charge is 2.18. The van der Waals surface area contributed by atoms with Crippen LogP contribution in [0.5, 0.6) is 11.5 Å². The SMILES string of the molecule is COc1cccc(N(C)Cc2nc(N)nc(N)c2-c2ccccc2OC)c1. The van der Waals surface area contributed by atoms with Crippen LogP contribution in [0.3, 0.4) is 0 Å². The Bertz CT molecular complexity index is 945. The molecule has 0 atom stereocenters. The molecule has 0 fully saturated rings. The normalized spacial score (nSPS) is 10.5. The number of anilines is 3. The summed E-state index contributed by atoms with van der Waals surface area (Å²) in [5.74, 6) is 1.94. The van der Waals surface area contributed by atoms with Crippen molar-refractivity contribution in [3.63, 3.8) is 0 Å². The highest BCUT2D eigenvalue weighted by atomic mass is 16.5. The van der Waals surface area contributed by atoms with Crippen molar-refractivity contribution in [3.8, 4) is 22.6 Å². The average Bonchev–Trinajstić information content (AvgIpc) is 2.67. The minimum absolute atomic E-state index is 0.139. The molecule has 140 valence electrons. The van der Waals surface area contributed by atoms with E-state index in [0.717, 1.165) is 28.3 Å². The third kappa shape index (κ3) is 3.87. The van der Waals surface area contributed by atoms with E-state index in [2.05, 4.69) is 9.97 Å². The van der Waals surface area contributed by atoms with Crippen molar-refractivity contribution in [2.75, 3.05) is 37.6 Å². The van der Waals surface area contributed by atoms with Gasteiger partial charge in [-0.3, -0.25) is 0 Å². The van der Waals surface area contributed by atoms with Crippen LogP contribution in [-0.4, -0.2) is 31.2 Å². The summed E-state index contributed by atoms with van der Waals surface area (Å²) in [5.41, 5.74) is 15.3. The minimum atomic E-state index is 0.139. The number of rotatable bonds is 6. The van der Waals surface area contributed by atoms with Gasteiger partial charge in [0.2, 0.25) is 5.95 Å². The first-order valence-corrected chi connectivity index (χ1v) is 8.44. The lowest BCUT2D eigenvalue weighted by Crippen LogP contribution is -2.19. The summed E-state index contributed by atoms with van der Waals surface area (Å²) < 4.78 is 10.8. The van der Waals surface area contributed by atoms with Crippen molar-refractivity contribution in [3.05, 3.63) is 54.2 Å². The van der Waals surface area contributed by atoms with Gasteiger partial charge in [-0.25, -0.2) is 4.98 Å². The van der Waals surface area contributed by atoms with E-state index < -0.39 is 0 Å². The van der Waals surface area contributed by atoms with Gasteiger partial charge in [0.1, 0.15) is 17.3 Å². The summed E-state index contributed by atoms with van der Waals surface area (Å²) >= 11 is 0. The Morgan fingerprint density at radius 2 is 1.74 bits per heavy atom. The molecule has 0 unspecified atom stereocenters. The molecule has 27 heavy (non-hydrogen) atoms. The molecule has 0 spiro atoms. The van der Waals surface area contributed by atoms with Gasteiger partial charge < -0.3 is 25.8 Å². The number of para-hydroxylation sites is 1. The lowest BCUT2D eigenvalue weighted by Gasteiger charge is -2.22. The monoisotopic (exact) mass is 365 g/mol. The summed E-state index contributed by atoms with van der Waals surface area (Å²) in [4.78, 5) is 10.6. The third-order valence-corrected chi connectivity index (χ3v) is 4.29. The zero-order valence-electron chi connectivity index (χ0n) is 15.6. The lowest BCUT2D eigenvalue weighted by atomic mass is 10.0. The largest absolute Gasteiger partial charge is 0.497 e. The molecule has 2 aromatic carbocycles. The molecule has 7 nitrogen and oxygen atoms in total. The minimum Gasteiger partial charge on any atom is -0.497 e. The second kappa shape index (κ2) is 7.82. The maximum Gasteiger partial charge on any atom is 0.222 e. The van der Waals surface area contributed by atoms with Gasteiger partial charge in [-0.05, 0) is 18.2 Å². The van der Waals surface area contributed by atoms with E-state index in [1.54, 1.807) is 14.2 Å². The number of nitrogens with zero attached hydrogens (tertiary/aromatic N) is 3. The highest BCUT2D eigenvalue weighted by molar-refractivity contribution is 5.81. The quantitative estimate of drug-likeness (QED) is 0.693. The number of ether oxygens (including phenoxy) is 2. The number of nitrogens with two attached hydrogens (primary N) is 2. The van der Waals surface area contributed by atoms with Gasteiger partial charge in [0.25, 0.3) is 0 Å². The fourth-order valence-corrected chi connectivity index (χ4v) is 2.97. The standard InChI is InChI=1S/C20H23N5O2/c1-25(13-7-6-8-14(11-13)26-2)12-16-18(19(21)24-20(22)23-16)15-9-4-5-10-17(15)27-3/h4-11H,12H2,1-3H3,(H4,21,22,23,24). The van der Waals surface area contributed by atoms with Gasteiger partial charge in [0, 0.05) is 24.4 Å². The molecule has 0 amide bonds. The second-order valence-electron chi connectivity index (χ2n) is 6.05. The molecule has 7 heteroatoms. The molecule has 1 aromatic heterocycles. The zero-order chi connectivity index (χ0) is 19.4. The first-order chi connectivity index (χ1) is 13.0. The predicted molar refractivity (Wildman–Crippen MR) is 108 cm³/mol. The number of aromatic nitrogens is 2. The molecule has 0 aliphatic rings. The zero-order valence-corrected chi connectivity index (χ0v) is 15.6. The van der Waals surface area contributed by atoms with Gasteiger partial charge in [-0.1, -0.05) is 24.3 Å². The van der Waals surface area contributed by atoms with Crippen molar-refractivity contribution in [1.29, 1.82) is 0 Å². The number of methoxy groups -OCH3 is 2. The number of benzene rings is 2. The lowest BCUT2D eigenvalue weighted by molar-refractivity contribution is 0.415. The third-order valence-electron chi connectivity index (χ3n) is 4.29.